The van der Waals surface area contributed by atoms with Crippen LogP contribution in [0.3, 0.4) is 0 Å². The zero-order valence-electron chi connectivity index (χ0n) is 15.6. The summed E-state index contributed by atoms with van der Waals surface area (Å²) in [6, 6.07) is 14.8. The van der Waals surface area contributed by atoms with Gasteiger partial charge in [-0.25, -0.2) is 5.43 Å². The first-order valence-electron chi connectivity index (χ1n) is 9.25. The number of amides is 2. The predicted molar refractivity (Wildman–Crippen MR) is 105 cm³/mol. The van der Waals surface area contributed by atoms with Gasteiger partial charge < -0.3 is 14.4 Å². The number of carbonyl (C=O) groups excluding carboxylic acids is 2. The molecular formula is C21H21N3O4. The van der Waals surface area contributed by atoms with Crippen molar-refractivity contribution in [2.75, 3.05) is 18.1 Å². The second kappa shape index (κ2) is 7.72. The molecule has 2 amide bonds. The fraction of sp³-hybridized carbons (Fsp3) is 0.286. The molecule has 1 saturated heterocycles. The topological polar surface area (TPSA) is 80.2 Å². The number of fused-ring (bicyclic) bond motifs is 1. The van der Waals surface area contributed by atoms with E-state index in [1.807, 2.05) is 36.4 Å². The van der Waals surface area contributed by atoms with Gasteiger partial charge in [-0.1, -0.05) is 24.3 Å². The van der Waals surface area contributed by atoms with Crippen LogP contribution in [-0.2, 0) is 9.59 Å². The summed E-state index contributed by atoms with van der Waals surface area (Å²) in [5.74, 6) is 0.923. The van der Waals surface area contributed by atoms with E-state index in [4.69, 9.17) is 9.47 Å². The first-order valence-corrected chi connectivity index (χ1v) is 9.25. The van der Waals surface area contributed by atoms with Gasteiger partial charge in [0.2, 0.25) is 12.0 Å². The van der Waals surface area contributed by atoms with Crippen LogP contribution in [0.2, 0.25) is 0 Å². The maximum absolute atomic E-state index is 12.4. The minimum atomic E-state index is -0.764. The lowest BCUT2D eigenvalue weighted by Gasteiger charge is -2.24. The van der Waals surface area contributed by atoms with Gasteiger partial charge in [-0.15, -0.1) is 0 Å². The molecule has 2 aliphatic heterocycles. The summed E-state index contributed by atoms with van der Waals surface area (Å²) >= 11 is 0. The normalized spacial score (nSPS) is 18.9. The molecule has 2 aliphatic rings. The van der Waals surface area contributed by atoms with Crippen LogP contribution in [0.5, 0.6) is 11.5 Å². The van der Waals surface area contributed by atoms with Gasteiger partial charge >= 0.3 is 0 Å². The van der Waals surface area contributed by atoms with E-state index in [2.05, 4.69) is 10.5 Å². The number of hydrazone groups is 1. The van der Waals surface area contributed by atoms with Crippen LogP contribution in [0.4, 0.5) is 5.69 Å². The lowest BCUT2D eigenvalue weighted by atomic mass is 10.1. The number of para-hydroxylation sites is 2. The number of hydrogen-bond acceptors (Lipinski definition) is 5. The largest absolute Gasteiger partial charge is 0.485 e. The number of carbonyl (C=O) groups is 2. The Labute approximate surface area is 162 Å². The van der Waals surface area contributed by atoms with Crippen LogP contribution in [0.25, 0.3) is 0 Å². The second-order valence-electron chi connectivity index (χ2n) is 6.74. The van der Waals surface area contributed by atoms with Crippen molar-refractivity contribution in [3.63, 3.8) is 0 Å². The molecule has 0 bridgehead atoms. The van der Waals surface area contributed by atoms with Crippen LogP contribution < -0.4 is 19.8 Å². The predicted octanol–water partition coefficient (Wildman–Crippen LogP) is 2.49. The van der Waals surface area contributed by atoms with Gasteiger partial charge in [0.05, 0.1) is 5.71 Å². The zero-order valence-corrected chi connectivity index (χ0v) is 15.6. The van der Waals surface area contributed by atoms with E-state index in [0.717, 1.165) is 24.2 Å². The Bertz CT molecular complexity index is 941. The van der Waals surface area contributed by atoms with Crippen LogP contribution in [0.15, 0.2) is 53.6 Å². The quantitative estimate of drug-likeness (QED) is 0.654. The summed E-state index contributed by atoms with van der Waals surface area (Å²) in [5, 5.41) is 4.19. The molecule has 0 aromatic heterocycles. The number of ether oxygens (including phenoxy) is 2. The molecular weight excluding hydrogens is 358 g/mol. The molecule has 0 radical (unpaired) electrons. The highest BCUT2D eigenvalue weighted by Gasteiger charge is 2.27. The van der Waals surface area contributed by atoms with Crippen molar-refractivity contribution < 1.29 is 19.1 Å². The third-order valence-corrected chi connectivity index (χ3v) is 4.78. The van der Waals surface area contributed by atoms with Crippen molar-refractivity contribution in [2.24, 2.45) is 5.10 Å². The van der Waals surface area contributed by atoms with Crippen molar-refractivity contribution >= 4 is 23.2 Å². The van der Waals surface area contributed by atoms with E-state index >= 15 is 0 Å². The Hall–Kier alpha value is -3.35. The van der Waals surface area contributed by atoms with Crippen LogP contribution in [-0.4, -0.2) is 36.8 Å². The third-order valence-electron chi connectivity index (χ3n) is 4.78. The highest BCUT2D eigenvalue weighted by molar-refractivity contribution is 6.02. The maximum atomic E-state index is 12.4. The Balaban J connectivity index is 1.42. The molecule has 2 aromatic rings. The Morgan fingerprint density at radius 3 is 2.79 bits per heavy atom. The molecule has 28 heavy (non-hydrogen) atoms. The van der Waals surface area contributed by atoms with Gasteiger partial charge in [-0.3, -0.25) is 9.59 Å². The minimum absolute atomic E-state index is 0.129. The second-order valence-corrected chi connectivity index (χ2v) is 6.74. The summed E-state index contributed by atoms with van der Waals surface area (Å²) in [6.45, 7) is 2.67. The fourth-order valence-corrected chi connectivity index (χ4v) is 3.24. The molecule has 2 heterocycles. The van der Waals surface area contributed by atoms with Crippen molar-refractivity contribution in [3.05, 3.63) is 54.1 Å². The van der Waals surface area contributed by atoms with Gasteiger partial charge in [0, 0.05) is 18.7 Å². The molecule has 7 nitrogen and oxygen atoms in total. The number of hydrogen-bond donors (Lipinski definition) is 1. The number of anilines is 1. The fourth-order valence-electron chi connectivity index (χ4n) is 3.24. The van der Waals surface area contributed by atoms with Crippen molar-refractivity contribution in [3.8, 4) is 11.5 Å². The minimum Gasteiger partial charge on any atom is -0.485 e. The van der Waals surface area contributed by atoms with Crippen LogP contribution in [0, 0.1) is 0 Å². The van der Waals surface area contributed by atoms with E-state index in [9.17, 15) is 9.59 Å². The van der Waals surface area contributed by atoms with Crippen molar-refractivity contribution in [1.29, 1.82) is 0 Å². The molecule has 1 fully saturated rings. The van der Waals surface area contributed by atoms with Gasteiger partial charge in [-0.05, 0) is 43.2 Å². The van der Waals surface area contributed by atoms with Crippen molar-refractivity contribution in [2.45, 2.75) is 25.9 Å². The smallest absolute Gasteiger partial charge is 0.284 e. The number of benzene rings is 2. The molecule has 0 aliphatic carbocycles. The molecule has 0 spiro atoms. The lowest BCUT2D eigenvalue weighted by Crippen LogP contribution is -2.42. The third kappa shape index (κ3) is 3.69. The molecule has 2 aromatic carbocycles. The van der Waals surface area contributed by atoms with E-state index in [0.29, 0.717) is 23.6 Å². The summed E-state index contributed by atoms with van der Waals surface area (Å²) in [7, 11) is 0. The highest BCUT2D eigenvalue weighted by Crippen LogP contribution is 2.30. The summed E-state index contributed by atoms with van der Waals surface area (Å²) < 4.78 is 11.2. The number of nitrogens with one attached hydrogen (secondary N) is 1. The summed E-state index contributed by atoms with van der Waals surface area (Å²) in [6.07, 6.45) is 0.693. The Morgan fingerprint density at radius 1 is 1.18 bits per heavy atom. The SMILES string of the molecule is C/C(=N/NC(=O)[C@@H]1COc2ccccc2O1)c1cccc(N2CCCC2=O)c1. The first kappa shape index (κ1) is 18.0. The van der Waals surface area contributed by atoms with Crippen molar-refractivity contribution in [1.82, 2.24) is 5.43 Å². The Kier molecular flexibility index (Phi) is 4.97. The van der Waals surface area contributed by atoms with E-state index in [-0.39, 0.29) is 18.4 Å². The van der Waals surface area contributed by atoms with Crippen LogP contribution >= 0.6 is 0 Å². The van der Waals surface area contributed by atoms with Gasteiger partial charge in [-0.2, -0.15) is 5.10 Å². The molecule has 0 saturated carbocycles. The standard InChI is InChI=1S/C21H21N3O4/c1-14(15-6-4-7-16(12-15)24-11-5-10-20(24)25)22-23-21(26)19-13-27-17-8-2-3-9-18(17)28-19/h2-4,6-9,12,19H,5,10-11,13H2,1H3,(H,23,26)/b22-14-/t19-/m0/s1. The average molecular weight is 379 g/mol. The van der Waals surface area contributed by atoms with E-state index in [1.165, 1.54) is 0 Å². The van der Waals surface area contributed by atoms with E-state index < -0.39 is 6.10 Å². The molecule has 144 valence electrons. The molecule has 4 rings (SSSR count). The van der Waals surface area contributed by atoms with Gasteiger partial charge in [0.15, 0.2) is 11.5 Å². The maximum Gasteiger partial charge on any atom is 0.284 e. The number of rotatable bonds is 4. The highest BCUT2D eigenvalue weighted by atomic mass is 16.6. The van der Waals surface area contributed by atoms with Crippen LogP contribution in [0.1, 0.15) is 25.3 Å². The Morgan fingerprint density at radius 2 is 2.00 bits per heavy atom. The molecule has 1 N–H and O–H groups in total. The van der Waals surface area contributed by atoms with Gasteiger partial charge in [0.25, 0.3) is 5.91 Å². The molecule has 1 atom stereocenters. The van der Waals surface area contributed by atoms with Gasteiger partial charge in [0.1, 0.15) is 6.61 Å². The lowest BCUT2D eigenvalue weighted by molar-refractivity contribution is -0.130. The zero-order chi connectivity index (χ0) is 19.5. The monoisotopic (exact) mass is 379 g/mol. The summed E-state index contributed by atoms with van der Waals surface area (Å²) in [5.41, 5.74) is 4.87. The number of nitrogens with zero attached hydrogens (tertiary/aromatic N) is 2. The van der Waals surface area contributed by atoms with E-state index in [1.54, 1.807) is 24.0 Å². The molecule has 0 unspecified atom stereocenters. The summed E-state index contributed by atoms with van der Waals surface area (Å²) in [4.78, 5) is 26.1. The average Bonchev–Trinajstić information content (AvgIpc) is 3.17. The first-order chi connectivity index (χ1) is 13.6. The molecule has 7 heteroatoms.